The molecule has 1 aliphatic rings. The summed E-state index contributed by atoms with van der Waals surface area (Å²) < 4.78 is 21.4. The minimum atomic E-state index is -2.71. The first kappa shape index (κ1) is 18.2. The van der Waals surface area contributed by atoms with E-state index < -0.39 is 7.52 Å². The molecule has 0 saturated carbocycles. The Bertz CT molecular complexity index is 342. The Hall–Kier alpha value is 0.110. The minimum Gasteiger partial charge on any atom is -0.317 e. The molecule has 0 aromatic carbocycles. The maximum Gasteiger partial charge on any atom is 0.274 e. The van der Waals surface area contributed by atoms with Crippen molar-refractivity contribution in [2.75, 3.05) is 33.8 Å². The predicted octanol–water partition coefficient (Wildman–Crippen LogP) is 3.68. The molecule has 0 amide bonds. The van der Waals surface area contributed by atoms with Gasteiger partial charge >= 0.3 is 0 Å². The maximum atomic E-state index is 13.3. The number of piperidine rings is 1. The summed E-state index contributed by atoms with van der Waals surface area (Å²) in [6, 6.07) is 0.606. The molecule has 0 N–H and O–H groups in total. The van der Waals surface area contributed by atoms with Gasteiger partial charge in [-0.3, -0.25) is 4.57 Å². The molecule has 0 aliphatic carbocycles. The van der Waals surface area contributed by atoms with E-state index in [1.165, 1.54) is 0 Å². The van der Waals surface area contributed by atoms with Crippen molar-refractivity contribution in [3.8, 4) is 0 Å². The van der Waals surface area contributed by atoms with Crippen molar-refractivity contribution >= 4 is 7.52 Å². The Morgan fingerprint density at radius 2 is 1.75 bits per heavy atom. The number of hydrogen-bond donors (Lipinski definition) is 0. The predicted molar refractivity (Wildman–Crippen MR) is 86.4 cm³/mol. The van der Waals surface area contributed by atoms with Gasteiger partial charge in [-0.05, 0) is 32.4 Å². The SMILES string of the molecule is CC(C)P(=O)(OCC(C)(C)C)N1CCC(N(C)C)CC1. The van der Waals surface area contributed by atoms with E-state index in [1.807, 2.05) is 13.8 Å². The van der Waals surface area contributed by atoms with Crippen LogP contribution >= 0.6 is 7.52 Å². The van der Waals surface area contributed by atoms with Crippen LogP contribution in [0.15, 0.2) is 0 Å². The molecule has 1 atom stereocenters. The molecular formula is C15H33N2O2P. The van der Waals surface area contributed by atoms with Gasteiger partial charge in [0.25, 0.3) is 7.52 Å². The molecule has 1 unspecified atom stereocenters. The van der Waals surface area contributed by atoms with Crippen molar-refractivity contribution in [1.29, 1.82) is 0 Å². The van der Waals surface area contributed by atoms with Crippen LogP contribution in [-0.4, -0.2) is 55.1 Å². The van der Waals surface area contributed by atoms with Crippen LogP contribution in [0.1, 0.15) is 47.5 Å². The average Bonchev–Trinajstić information content (AvgIpc) is 2.35. The average molecular weight is 304 g/mol. The third-order valence-electron chi connectivity index (χ3n) is 3.90. The Morgan fingerprint density at radius 1 is 1.25 bits per heavy atom. The highest BCUT2D eigenvalue weighted by atomic mass is 31.2. The first-order valence-corrected chi connectivity index (χ1v) is 9.37. The second kappa shape index (κ2) is 6.91. The Labute approximate surface area is 125 Å². The summed E-state index contributed by atoms with van der Waals surface area (Å²) in [4.78, 5) is 2.27. The molecule has 120 valence electrons. The first-order valence-electron chi connectivity index (χ1n) is 7.72. The number of hydrogen-bond acceptors (Lipinski definition) is 3. The van der Waals surface area contributed by atoms with Gasteiger partial charge in [-0.2, -0.15) is 0 Å². The van der Waals surface area contributed by atoms with Crippen LogP contribution in [-0.2, 0) is 9.09 Å². The minimum absolute atomic E-state index is 0.0481. The fourth-order valence-corrected chi connectivity index (χ4v) is 4.97. The molecular weight excluding hydrogens is 271 g/mol. The summed E-state index contributed by atoms with van der Waals surface area (Å²) in [6.07, 6.45) is 2.14. The molecule has 1 aliphatic heterocycles. The molecule has 0 bridgehead atoms. The molecule has 0 spiro atoms. The second-order valence-corrected chi connectivity index (χ2v) is 10.6. The Kier molecular flexibility index (Phi) is 6.28. The van der Waals surface area contributed by atoms with E-state index in [9.17, 15) is 4.57 Å². The lowest BCUT2D eigenvalue weighted by molar-refractivity contribution is 0.148. The standard InChI is InChI=1S/C15H33N2O2P/c1-13(2)20(18,19-12-15(3,4)5)17-10-8-14(9-11-17)16(6)7/h13-14H,8-12H2,1-7H3. The van der Waals surface area contributed by atoms with Gasteiger partial charge in [0.2, 0.25) is 0 Å². The molecule has 0 radical (unpaired) electrons. The van der Waals surface area contributed by atoms with Gasteiger partial charge in [0.15, 0.2) is 0 Å². The van der Waals surface area contributed by atoms with Crippen molar-refractivity contribution in [2.45, 2.75) is 59.2 Å². The third-order valence-corrected chi connectivity index (χ3v) is 6.89. The van der Waals surface area contributed by atoms with Gasteiger partial charge < -0.3 is 9.42 Å². The Balaban J connectivity index is 2.70. The normalized spacial score (nSPS) is 22.4. The zero-order valence-electron chi connectivity index (χ0n) is 14.3. The highest BCUT2D eigenvalue weighted by molar-refractivity contribution is 7.57. The lowest BCUT2D eigenvalue weighted by Gasteiger charge is -2.41. The monoisotopic (exact) mass is 304 g/mol. The summed E-state index contributed by atoms with van der Waals surface area (Å²) in [5.41, 5.74) is 0.104. The Morgan fingerprint density at radius 3 is 2.10 bits per heavy atom. The van der Waals surface area contributed by atoms with Crippen molar-refractivity contribution in [1.82, 2.24) is 9.57 Å². The highest BCUT2D eigenvalue weighted by Crippen LogP contribution is 2.56. The highest BCUT2D eigenvalue weighted by Gasteiger charge is 2.38. The van der Waals surface area contributed by atoms with Crippen LogP contribution in [0.4, 0.5) is 0 Å². The van der Waals surface area contributed by atoms with Crippen molar-refractivity contribution < 1.29 is 9.09 Å². The van der Waals surface area contributed by atoms with Gasteiger partial charge in [0.1, 0.15) is 0 Å². The van der Waals surface area contributed by atoms with Crippen LogP contribution < -0.4 is 0 Å². The summed E-state index contributed by atoms with van der Waals surface area (Å²) in [5.74, 6) is 0. The van der Waals surface area contributed by atoms with E-state index in [4.69, 9.17) is 4.52 Å². The molecule has 5 heteroatoms. The van der Waals surface area contributed by atoms with E-state index in [1.54, 1.807) is 0 Å². The zero-order valence-corrected chi connectivity index (χ0v) is 15.2. The summed E-state index contributed by atoms with van der Waals surface area (Å²) in [5, 5.41) is 0. The van der Waals surface area contributed by atoms with Crippen LogP contribution in [0.5, 0.6) is 0 Å². The molecule has 4 nitrogen and oxygen atoms in total. The van der Waals surface area contributed by atoms with Crippen LogP contribution in [0.25, 0.3) is 0 Å². The lowest BCUT2D eigenvalue weighted by atomic mass is 9.99. The molecule has 1 saturated heterocycles. The summed E-state index contributed by atoms with van der Waals surface area (Å²) in [6.45, 7) is 12.7. The van der Waals surface area contributed by atoms with E-state index in [0.717, 1.165) is 25.9 Å². The van der Waals surface area contributed by atoms with Crippen LogP contribution in [0.3, 0.4) is 0 Å². The first-order chi connectivity index (χ1) is 9.06. The fraction of sp³-hybridized carbons (Fsp3) is 1.00. The smallest absolute Gasteiger partial charge is 0.274 e. The largest absolute Gasteiger partial charge is 0.317 e. The quantitative estimate of drug-likeness (QED) is 0.725. The van der Waals surface area contributed by atoms with Gasteiger partial charge in [0, 0.05) is 24.8 Å². The van der Waals surface area contributed by atoms with Gasteiger partial charge in [-0.25, -0.2) is 4.67 Å². The van der Waals surface area contributed by atoms with Gasteiger partial charge in [-0.15, -0.1) is 0 Å². The van der Waals surface area contributed by atoms with E-state index in [-0.39, 0.29) is 11.1 Å². The number of rotatable bonds is 5. The van der Waals surface area contributed by atoms with Gasteiger partial charge in [-0.1, -0.05) is 34.6 Å². The van der Waals surface area contributed by atoms with Crippen molar-refractivity contribution in [3.05, 3.63) is 0 Å². The van der Waals surface area contributed by atoms with E-state index in [0.29, 0.717) is 12.6 Å². The van der Waals surface area contributed by atoms with Crippen LogP contribution in [0.2, 0.25) is 0 Å². The summed E-state index contributed by atoms with van der Waals surface area (Å²) in [7, 11) is 1.54. The molecule has 20 heavy (non-hydrogen) atoms. The molecule has 1 fully saturated rings. The van der Waals surface area contributed by atoms with Crippen LogP contribution in [0, 0.1) is 5.41 Å². The molecule has 1 heterocycles. The molecule has 0 aromatic rings. The van der Waals surface area contributed by atoms with Crippen molar-refractivity contribution in [3.63, 3.8) is 0 Å². The number of nitrogens with zero attached hydrogens (tertiary/aromatic N) is 2. The molecule has 0 aromatic heterocycles. The topological polar surface area (TPSA) is 32.8 Å². The van der Waals surface area contributed by atoms with Crippen molar-refractivity contribution in [2.24, 2.45) is 5.41 Å². The zero-order chi connectivity index (χ0) is 15.6. The fourth-order valence-electron chi connectivity index (χ4n) is 2.49. The maximum absolute atomic E-state index is 13.3. The molecule has 1 rings (SSSR count). The lowest BCUT2D eigenvalue weighted by Crippen LogP contribution is -2.42. The van der Waals surface area contributed by atoms with E-state index in [2.05, 4.69) is 44.4 Å². The summed E-state index contributed by atoms with van der Waals surface area (Å²) >= 11 is 0. The van der Waals surface area contributed by atoms with Gasteiger partial charge in [0.05, 0.1) is 6.61 Å². The third kappa shape index (κ3) is 4.84. The second-order valence-electron chi connectivity index (χ2n) is 7.64. The van der Waals surface area contributed by atoms with E-state index >= 15 is 0 Å².